The maximum Gasteiger partial charge on any atom is 0.408 e. The third-order valence-electron chi connectivity index (χ3n) is 7.02. The van der Waals surface area contributed by atoms with Crippen LogP contribution in [0.4, 0.5) is 4.79 Å². The molecule has 0 aromatic heterocycles. The summed E-state index contributed by atoms with van der Waals surface area (Å²) >= 11 is 0. The molecule has 2 atom stereocenters. The van der Waals surface area contributed by atoms with Crippen LogP contribution < -0.4 is 25.8 Å². The molecule has 0 aliphatic rings. The maximum absolute atomic E-state index is 13.3. The van der Waals surface area contributed by atoms with Gasteiger partial charge in [0.25, 0.3) is 0 Å². The number of ether oxygens (including phenoxy) is 3. The van der Waals surface area contributed by atoms with E-state index in [-0.39, 0.29) is 18.9 Å². The predicted octanol–water partition coefficient (Wildman–Crippen LogP) is 5.31. The van der Waals surface area contributed by atoms with Gasteiger partial charge in [-0.2, -0.15) is 0 Å². The molecule has 4 aromatic carbocycles. The highest BCUT2D eigenvalue weighted by atomic mass is 16.5. The smallest absolute Gasteiger partial charge is 0.408 e. The number of carbonyl (C=O) groups excluding carboxylic acids is 3. The molecule has 0 aliphatic carbocycles. The summed E-state index contributed by atoms with van der Waals surface area (Å²) in [5.41, 5.74) is 9.21. The Morgan fingerprint density at radius 2 is 1.16 bits per heavy atom. The van der Waals surface area contributed by atoms with E-state index >= 15 is 0 Å². The molecule has 45 heavy (non-hydrogen) atoms. The Balaban J connectivity index is 1.44. The van der Waals surface area contributed by atoms with Gasteiger partial charge >= 0.3 is 6.09 Å². The van der Waals surface area contributed by atoms with Gasteiger partial charge in [-0.25, -0.2) is 4.79 Å². The standard InChI is InChI=1S/C36H39N3O6/c1-25(2)33(39-36(42)45-24-28-16-10-5-11-17-28)35(41)38-30(34(37)40)20-29-18-19-31(43-22-26-12-6-3-7-13-26)32(21-29)44-23-27-14-8-4-9-15-27/h3-19,21,25,30,33H,20,22-24H2,1-2H3,(H2,37,40)(H,38,41)(H,39,42)/t30-,33-/m1/s1. The molecule has 0 spiro atoms. The Kier molecular flexibility index (Phi) is 12.0. The molecule has 3 amide bonds. The SMILES string of the molecule is CC(C)[C@@H](NC(=O)OCc1ccccc1)C(=O)N[C@H](Cc1ccc(OCc2ccccc2)c(OCc2ccccc2)c1)C(N)=O. The van der Waals surface area contributed by atoms with E-state index in [9.17, 15) is 14.4 Å². The topological polar surface area (TPSA) is 129 Å². The van der Waals surface area contributed by atoms with Crippen LogP contribution in [-0.2, 0) is 40.6 Å². The lowest BCUT2D eigenvalue weighted by Crippen LogP contribution is -2.55. The summed E-state index contributed by atoms with van der Waals surface area (Å²) in [6.45, 7) is 4.28. The fourth-order valence-corrected chi connectivity index (χ4v) is 4.53. The van der Waals surface area contributed by atoms with E-state index in [2.05, 4.69) is 10.6 Å². The van der Waals surface area contributed by atoms with Crippen LogP contribution in [0.1, 0.15) is 36.1 Å². The number of carbonyl (C=O) groups is 3. The van der Waals surface area contributed by atoms with Crippen molar-refractivity contribution in [3.05, 3.63) is 131 Å². The molecule has 4 aromatic rings. The zero-order chi connectivity index (χ0) is 32.0. The van der Waals surface area contributed by atoms with Crippen LogP contribution in [0.25, 0.3) is 0 Å². The molecular formula is C36H39N3O6. The number of primary amides is 1. The third-order valence-corrected chi connectivity index (χ3v) is 7.02. The fraction of sp³-hybridized carbons (Fsp3) is 0.250. The molecule has 0 heterocycles. The number of amides is 3. The lowest BCUT2D eigenvalue weighted by atomic mass is 10.0. The minimum absolute atomic E-state index is 0.0583. The van der Waals surface area contributed by atoms with Crippen molar-refractivity contribution in [2.75, 3.05) is 0 Å². The van der Waals surface area contributed by atoms with Gasteiger partial charge in [0.05, 0.1) is 0 Å². The zero-order valence-corrected chi connectivity index (χ0v) is 25.5. The van der Waals surface area contributed by atoms with Crippen LogP contribution in [0, 0.1) is 5.92 Å². The molecule has 4 rings (SSSR count). The molecule has 0 unspecified atom stereocenters. The second-order valence-electron chi connectivity index (χ2n) is 10.9. The second kappa shape index (κ2) is 16.5. The third kappa shape index (κ3) is 10.4. The van der Waals surface area contributed by atoms with E-state index in [0.717, 1.165) is 16.7 Å². The van der Waals surface area contributed by atoms with Crippen LogP contribution in [-0.4, -0.2) is 30.0 Å². The molecule has 0 radical (unpaired) electrons. The summed E-state index contributed by atoms with van der Waals surface area (Å²) in [5.74, 6) is -0.523. The van der Waals surface area contributed by atoms with E-state index in [1.807, 2.05) is 91.0 Å². The summed E-state index contributed by atoms with van der Waals surface area (Å²) in [6.07, 6.45) is -0.639. The van der Waals surface area contributed by atoms with Gasteiger partial charge in [0.15, 0.2) is 11.5 Å². The largest absolute Gasteiger partial charge is 0.485 e. The first-order chi connectivity index (χ1) is 21.8. The summed E-state index contributed by atoms with van der Waals surface area (Å²) in [5, 5.41) is 5.32. The normalized spacial score (nSPS) is 12.1. The van der Waals surface area contributed by atoms with Gasteiger partial charge in [0.1, 0.15) is 31.9 Å². The highest BCUT2D eigenvalue weighted by molar-refractivity contribution is 5.91. The molecule has 0 bridgehead atoms. The average Bonchev–Trinajstić information content (AvgIpc) is 3.05. The van der Waals surface area contributed by atoms with E-state index in [1.54, 1.807) is 32.0 Å². The molecule has 0 saturated heterocycles. The van der Waals surface area contributed by atoms with Crippen LogP contribution in [0.3, 0.4) is 0 Å². The lowest BCUT2D eigenvalue weighted by molar-refractivity contribution is -0.129. The second-order valence-corrected chi connectivity index (χ2v) is 10.9. The molecule has 234 valence electrons. The van der Waals surface area contributed by atoms with Crippen LogP contribution >= 0.6 is 0 Å². The number of benzene rings is 4. The van der Waals surface area contributed by atoms with E-state index in [0.29, 0.717) is 30.3 Å². The number of nitrogens with two attached hydrogens (primary N) is 1. The molecular weight excluding hydrogens is 570 g/mol. The number of hydrogen-bond donors (Lipinski definition) is 3. The van der Waals surface area contributed by atoms with Gasteiger partial charge in [-0.3, -0.25) is 9.59 Å². The van der Waals surface area contributed by atoms with Crippen LogP contribution in [0.5, 0.6) is 11.5 Å². The van der Waals surface area contributed by atoms with Crippen molar-refractivity contribution >= 4 is 17.9 Å². The van der Waals surface area contributed by atoms with Gasteiger partial charge in [-0.05, 0) is 40.3 Å². The number of rotatable bonds is 15. The summed E-state index contributed by atoms with van der Waals surface area (Å²) in [4.78, 5) is 38.2. The fourth-order valence-electron chi connectivity index (χ4n) is 4.53. The number of nitrogens with one attached hydrogen (secondary N) is 2. The first kappa shape index (κ1) is 32.6. The van der Waals surface area contributed by atoms with Gasteiger partial charge < -0.3 is 30.6 Å². The van der Waals surface area contributed by atoms with Crippen molar-refractivity contribution in [1.82, 2.24) is 10.6 Å². The Morgan fingerprint density at radius 1 is 0.644 bits per heavy atom. The Bertz CT molecular complexity index is 1530. The highest BCUT2D eigenvalue weighted by Gasteiger charge is 2.29. The van der Waals surface area contributed by atoms with Crippen molar-refractivity contribution in [3.63, 3.8) is 0 Å². The van der Waals surface area contributed by atoms with Crippen molar-refractivity contribution in [2.24, 2.45) is 11.7 Å². The van der Waals surface area contributed by atoms with E-state index < -0.39 is 30.0 Å². The molecule has 0 fully saturated rings. The molecule has 0 aliphatic heterocycles. The van der Waals surface area contributed by atoms with Crippen LogP contribution in [0.2, 0.25) is 0 Å². The van der Waals surface area contributed by atoms with Gasteiger partial charge in [-0.15, -0.1) is 0 Å². The average molecular weight is 610 g/mol. The Labute approximate surface area is 263 Å². The van der Waals surface area contributed by atoms with Crippen molar-refractivity contribution < 1.29 is 28.6 Å². The van der Waals surface area contributed by atoms with E-state index in [4.69, 9.17) is 19.9 Å². The first-order valence-electron chi connectivity index (χ1n) is 14.8. The zero-order valence-electron chi connectivity index (χ0n) is 25.5. The highest BCUT2D eigenvalue weighted by Crippen LogP contribution is 2.30. The Hall–Kier alpha value is -5.31. The van der Waals surface area contributed by atoms with Gasteiger partial charge in [0, 0.05) is 6.42 Å². The number of hydrogen-bond acceptors (Lipinski definition) is 6. The van der Waals surface area contributed by atoms with Crippen LogP contribution in [0.15, 0.2) is 109 Å². The summed E-state index contributed by atoms with van der Waals surface area (Å²) in [6, 6.07) is 32.1. The molecule has 4 N–H and O–H groups in total. The van der Waals surface area contributed by atoms with E-state index in [1.165, 1.54) is 0 Å². The molecule has 9 nitrogen and oxygen atoms in total. The lowest BCUT2D eigenvalue weighted by Gasteiger charge is -2.24. The van der Waals surface area contributed by atoms with Crippen molar-refractivity contribution in [2.45, 2.75) is 52.2 Å². The first-order valence-corrected chi connectivity index (χ1v) is 14.8. The quantitative estimate of drug-likeness (QED) is 0.168. The molecule has 9 heteroatoms. The molecule has 0 saturated carbocycles. The van der Waals surface area contributed by atoms with Crippen molar-refractivity contribution in [1.29, 1.82) is 0 Å². The van der Waals surface area contributed by atoms with Crippen molar-refractivity contribution in [3.8, 4) is 11.5 Å². The minimum atomic E-state index is -1.04. The number of alkyl carbamates (subject to hydrolysis) is 1. The minimum Gasteiger partial charge on any atom is -0.485 e. The summed E-state index contributed by atoms with van der Waals surface area (Å²) in [7, 11) is 0. The summed E-state index contributed by atoms with van der Waals surface area (Å²) < 4.78 is 17.5. The van der Waals surface area contributed by atoms with Gasteiger partial charge in [-0.1, -0.05) is 111 Å². The maximum atomic E-state index is 13.3. The predicted molar refractivity (Wildman–Crippen MR) is 171 cm³/mol. The van der Waals surface area contributed by atoms with Gasteiger partial charge in [0.2, 0.25) is 11.8 Å². The monoisotopic (exact) mass is 609 g/mol. The Morgan fingerprint density at radius 3 is 1.67 bits per heavy atom.